The number of fused-ring (bicyclic) bond motifs is 3. The van der Waals surface area contributed by atoms with Gasteiger partial charge in [0.05, 0.1) is 16.4 Å². The number of aryl methyl sites for hydroxylation is 1. The summed E-state index contributed by atoms with van der Waals surface area (Å²) in [6, 6.07) is 11.6. The molecule has 0 bridgehead atoms. The van der Waals surface area contributed by atoms with Crippen LogP contribution in [0.15, 0.2) is 42.6 Å². The standard InChI is InChI=1S/C19H18N6O.C2HF3O2/c1-10(26)22-12-5-3-4-11(8-12)14-9-15-16(18(20)24-19(21)23-15)13-6-7-25(2)17(13)14;3-2(4,5)1(6)7/h3-9H,1-2H3,(H,22,26)(H4,20,21,23,24);(H,6,7). The maximum Gasteiger partial charge on any atom is 0.490 e. The number of carbonyl (C=O) groups is 2. The van der Waals surface area contributed by atoms with Crippen molar-refractivity contribution in [3.05, 3.63) is 42.6 Å². The highest BCUT2D eigenvalue weighted by molar-refractivity contribution is 6.15. The molecular formula is C21H19F3N6O3. The van der Waals surface area contributed by atoms with Crippen LogP contribution in [-0.4, -0.2) is 37.7 Å². The fourth-order valence-electron chi connectivity index (χ4n) is 3.35. The predicted octanol–water partition coefficient (Wildman–Crippen LogP) is 3.54. The molecule has 0 aliphatic carbocycles. The summed E-state index contributed by atoms with van der Waals surface area (Å²) in [6.45, 7) is 1.49. The number of alkyl halides is 3. The Labute approximate surface area is 184 Å². The maximum absolute atomic E-state index is 11.4. The van der Waals surface area contributed by atoms with Crippen molar-refractivity contribution in [2.45, 2.75) is 13.1 Å². The number of carboxylic acids is 1. The number of nitrogens with two attached hydrogens (primary N) is 2. The Hall–Kier alpha value is -4.35. The number of anilines is 3. The van der Waals surface area contributed by atoms with E-state index in [0.29, 0.717) is 11.3 Å². The van der Waals surface area contributed by atoms with Crippen LogP contribution < -0.4 is 16.8 Å². The quantitative estimate of drug-likeness (QED) is 0.357. The van der Waals surface area contributed by atoms with E-state index in [1.807, 2.05) is 54.2 Å². The van der Waals surface area contributed by atoms with E-state index in [1.165, 1.54) is 6.92 Å². The Morgan fingerprint density at radius 1 is 1.12 bits per heavy atom. The molecule has 0 saturated carbocycles. The van der Waals surface area contributed by atoms with Crippen LogP contribution in [0, 0.1) is 0 Å². The smallest absolute Gasteiger partial charge is 0.475 e. The molecule has 1 amide bonds. The van der Waals surface area contributed by atoms with Gasteiger partial charge in [-0.15, -0.1) is 0 Å². The summed E-state index contributed by atoms with van der Waals surface area (Å²) in [5.41, 5.74) is 16.3. The Kier molecular flexibility index (Phi) is 6.11. The van der Waals surface area contributed by atoms with Crippen LogP contribution in [0.1, 0.15) is 6.92 Å². The summed E-state index contributed by atoms with van der Waals surface area (Å²) >= 11 is 0. The number of halogens is 3. The van der Waals surface area contributed by atoms with E-state index < -0.39 is 12.1 Å². The van der Waals surface area contributed by atoms with Crippen molar-refractivity contribution in [3.8, 4) is 11.1 Å². The third-order valence-corrected chi connectivity index (χ3v) is 4.60. The molecule has 2 aromatic heterocycles. The normalized spacial score (nSPS) is 11.2. The molecule has 0 spiro atoms. The number of aliphatic carboxylic acids is 1. The minimum Gasteiger partial charge on any atom is -0.475 e. The average molecular weight is 460 g/mol. The fraction of sp³-hybridized carbons (Fsp3) is 0.143. The van der Waals surface area contributed by atoms with Gasteiger partial charge < -0.3 is 26.5 Å². The van der Waals surface area contributed by atoms with Gasteiger partial charge in [0.15, 0.2) is 0 Å². The third kappa shape index (κ3) is 4.95. The molecule has 0 atom stereocenters. The minimum atomic E-state index is -5.08. The summed E-state index contributed by atoms with van der Waals surface area (Å²) in [7, 11) is 1.98. The molecule has 0 radical (unpaired) electrons. The molecule has 0 aliphatic heterocycles. The highest BCUT2D eigenvalue weighted by atomic mass is 19.4. The lowest BCUT2D eigenvalue weighted by Gasteiger charge is -2.12. The van der Waals surface area contributed by atoms with Gasteiger partial charge >= 0.3 is 12.1 Å². The van der Waals surface area contributed by atoms with Gasteiger partial charge in [-0.25, -0.2) is 9.78 Å². The second-order valence-electron chi connectivity index (χ2n) is 7.04. The first-order valence-electron chi connectivity index (χ1n) is 9.37. The molecule has 12 heteroatoms. The van der Waals surface area contributed by atoms with E-state index >= 15 is 0 Å². The number of amides is 1. The van der Waals surface area contributed by atoms with Gasteiger partial charge in [-0.3, -0.25) is 4.79 Å². The van der Waals surface area contributed by atoms with E-state index in [4.69, 9.17) is 21.4 Å². The van der Waals surface area contributed by atoms with Crippen LogP contribution in [0.4, 0.5) is 30.6 Å². The molecule has 6 N–H and O–H groups in total. The zero-order valence-corrected chi connectivity index (χ0v) is 17.4. The number of nitrogens with zero attached hydrogens (tertiary/aromatic N) is 3. The number of aromatic nitrogens is 3. The molecule has 4 rings (SSSR count). The molecule has 2 heterocycles. The van der Waals surface area contributed by atoms with E-state index in [1.54, 1.807) is 0 Å². The SMILES string of the molecule is CC(=O)Nc1cccc(-c2cc3nc(N)nc(N)c3c3ccn(C)c23)c1.O=C(O)C(F)(F)F. The van der Waals surface area contributed by atoms with E-state index in [0.717, 1.165) is 33.1 Å². The van der Waals surface area contributed by atoms with Gasteiger partial charge in [0.2, 0.25) is 11.9 Å². The number of nitrogens with one attached hydrogen (secondary N) is 1. The topological polar surface area (TPSA) is 149 Å². The van der Waals surface area contributed by atoms with Crippen molar-refractivity contribution in [3.63, 3.8) is 0 Å². The van der Waals surface area contributed by atoms with Crippen molar-refractivity contribution >= 4 is 51.1 Å². The third-order valence-electron chi connectivity index (χ3n) is 4.60. The highest BCUT2D eigenvalue weighted by Gasteiger charge is 2.38. The van der Waals surface area contributed by atoms with Crippen LogP contribution in [0.2, 0.25) is 0 Å². The van der Waals surface area contributed by atoms with Gasteiger partial charge in [0.25, 0.3) is 0 Å². The van der Waals surface area contributed by atoms with Crippen LogP contribution in [0.25, 0.3) is 32.9 Å². The monoisotopic (exact) mass is 460 g/mol. The fourth-order valence-corrected chi connectivity index (χ4v) is 3.35. The highest BCUT2D eigenvalue weighted by Crippen LogP contribution is 2.37. The average Bonchev–Trinajstić information content (AvgIpc) is 3.08. The summed E-state index contributed by atoms with van der Waals surface area (Å²) in [5, 5.41) is 11.7. The zero-order chi connectivity index (χ0) is 24.5. The Bertz CT molecular complexity index is 1380. The molecule has 0 saturated heterocycles. The molecule has 0 unspecified atom stereocenters. The molecule has 9 nitrogen and oxygen atoms in total. The molecule has 0 fully saturated rings. The molecule has 172 valence electrons. The molecule has 2 aromatic carbocycles. The van der Waals surface area contributed by atoms with Crippen molar-refractivity contribution in [2.75, 3.05) is 16.8 Å². The van der Waals surface area contributed by atoms with Crippen molar-refractivity contribution in [1.82, 2.24) is 14.5 Å². The van der Waals surface area contributed by atoms with Crippen LogP contribution in [0.5, 0.6) is 0 Å². The Balaban J connectivity index is 0.000000383. The summed E-state index contributed by atoms with van der Waals surface area (Å²) in [4.78, 5) is 28.7. The first-order valence-corrected chi connectivity index (χ1v) is 9.37. The van der Waals surface area contributed by atoms with E-state index in [2.05, 4.69) is 15.3 Å². The van der Waals surface area contributed by atoms with E-state index in [9.17, 15) is 18.0 Å². The first-order chi connectivity index (χ1) is 15.4. The lowest BCUT2D eigenvalue weighted by molar-refractivity contribution is -0.192. The lowest BCUT2D eigenvalue weighted by atomic mass is 9.99. The van der Waals surface area contributed by atoms with E-state index in [-0.39, 0.29) is 11.9 Å². The molecular weight excluding hydrogens is 441 g/mol. The van der Waals surface area contributed by atoms with Gasteiger partial charge in [-0.1, -0.05) is 12.1 Å². The van der Waals surface area contributed by atoms with Crippen LogP contribution in [0.3, 0.4) is 0 Å². The Morgan fingerprint density at radius 2 is 1.79 bits per heavy atom. The number of hydrogen-bond donors (Lipinski definition) is 4. The number of rotatable bonds is 2. The lowest BCUT2D eigenvalue weighted by Crippen LogP contribution is -2.21. The van der Waals surface area contributed by atoms with Crippen molar-refractivity contribution < 1.29 is 27.9 Å². The predicted molar refractivity (Wildman–Crippen MR) is 118 cm³/mol. The number of nitrogen functional groups attached to an aromatic ring is 2. The second-order valence-corrected chi connectivity index (χ2v) is 7.04. The van der Waals surface area contributed by atoms with Gasteiger partial charge in [-0.2, -0.15) is 18.2 Å². The maximum atomic E-state index is 11.4. The summed E-state index contributed by atoms with van der Waals surface area (Å²) in [6.07, 6.45) is -3.11. The van der Waals surface area contributed by atoms with Gasteiger partial charge in [0.1, 0.15) is 5.82 Å². The van der Waals surface area contributed by atoms with Crippen molar-refractivity contribution in [2.24, 2.45) is 7.05 Å². The number of hydrogen-bond acceptors (Lipinski definition) is 6. The first kappa shape index (κ1) is 23.3. The molecule has 0 aliphatic rings. The number of carboxylic acid groups (broad SMARTS) is 1. The molecule has 4 aromatic rings. The summed E-state index contributed by atoms with van der Waals surface area (Å²) in [5.74, 6) is -2.36. The zero-order valence-electron chi connectivity index (χ0n) is 17.4. The number of carbonyl (C=O) groups excluding carboxylic acids is 1. The largest absolute Gasteiger partial charge is 0.490 e. The second kappa shape index (κ2) is 8.65. The van der Waals surface area contributed by atoms with Gasteiger partial charge in [0, 0.05) is 36.8 Å². The number of benzene rings is 2. The van der Waals surface area contributed by atoms with Crippen LogP contribution >= 0.6 is 0 Å². The summed E-state index contributed by atoms with van der Waals surface area (Å²) < 4.78 is 33.8. The Morgan fingerprint density at radius 3 is 2.39 bits per heavy atom. The van der Waals surface area contributed by atoms with Gasteiger partial charge in [-0.05, 0) is 29.8 Å². The molecule has 33 heavy (non-hydrogen) atoms. The van der Waals surface area contributed by atoms with Crippen molar-refractivity contribution in [1.29, 1.82) is 0 Å². The minimum absolute atomic E-state index is 0.113. The van der Waals surface area contributed by atoms with Crippen LogP contribution in [-0.2, 0) is 16.6 Å².